The third-order valence-corrected chi connectivity index (χ3v) is 9.14. The second-order valence-corrected chi connectivity index (χ2v) is 15.8. The van der Waals surface area contributed by atoms with Gasteiger partial charge in [-0.2, -0.15) is 0 Å². The number of hydrogen-bond acceptors (Lipinski definition) is 10. The highest BCUT2D eigenvalue weighted by Gasteiger charge is 2.34. The monoisotopic (exact) mass is 753 g/mol. The fraction of sp³-hybridized carbons (Fsp3) is 0.553. The molecule has 0 radical (unpaired) electrons. The van der Waals surface area contributed by atoms with Crippen LogP contribution in [0.1, 0.15) is 65.5 Å². The number of carbonyl (C=O) groups is 5. The van der Waals surface area contributed by atoms with Crippen LogP contribution in [0.15, 0.2) is 36.4 Å². The standard InChI is InChI=1S/C38H55N7O9/c1-37(2,3)45(36(52)53)15-7-8-27-32(48)43-28(33(49)41-26-20-39-13-14-40-21-26)18-24-16-22(9-11-30(24)46)23-10-12-31(47)25(17-23)19-29(34(50)42-27)44-35(51)54-38(4,5)6/h9-12,16-17,26-29,39-40,46-47H,7-8,13-15,18-21H2,1-6H3,(H,41,49)(H,42,50)(H,43,48)(H,44,51)(H,52,53)/t27-,28-,29-/m0/s1. The number of alkyl carbamates (subject to hydrolysis) is 1. The van der Waals surface area contributed by atoms with Gasteiger partial charge in [0.05, 0.1) is 6.04 Å². The molecule has 2 aliphatic rings. The first-order chi connectivity index (χ1) is 25.3. The summed E-state index contributed by atoms with van der Waals surface area (Å²) in [6.07, 6.45) is -2.26. The number of phenols is 2. The number of nitrogens with one attached hydrogen (secondary N) is 6. The number of ether oxygens (including phenoxy) is 1. The fourth-order valence-corrected chi connectivity index (χ4v) is 6.36. The first kappa shape index (κ1) is 41.7. The number of carbonyl (C=O) groups excluding carboxylic acids is 4. The number of hydrogen-bond donors (Lipinski definition) is 9. The maximum absolute atomic E-state index is 14.2. The number of nitrogens with zero attached hydrogens (tertiary/aromatic N) is 1. The second kappa shape index (κ2) is 17.8. The van der Waals surface area contributed by atoms with Crippen LogP contribution in [-0.4, -0.2) is 118 Å². The third kappa shape index (κ3) is 12.0. The third-order valence-electron chi connectivity index (χ3n) is 9.14. The zero-order valence-corrected chi connectivity index (χ0v) is 31.9. The molecule has 2 aliphatic heterocycles. The van der Waals surface area contributed by atoms with Crippen molar-refractivity contribution in [3.63, 3.8) is 0 Å². The van der Waals surface area contributed by atoms with Crippen molar-refractivity contribution in [2.24, 2.45) is 0 Å². The highest BCUT2D eigenvalue weighted by molar-refractivity contribution is 5.94. The average Bonchev–Trinajstić information content (AvgIpc) is 3.33. The lowest BCUT2D eigenvalue weighted by Gasteiger charge is -2.33. The molecular weight excluding hydrogens is 698 g/mol. The molecule has 3 atom stereocenters. The normalized spacial score (nSPS) is 20.2. The molecule has 16 nitrogen and oxygen atoms in total. The first-order valence-electron chi connectivity index (χ1n) is 18.3. The van der Waals surface area contributed by atoms with Crippen LogP contribution in [0.3, 0.4) is 0 Å². The number of amides is 5. The van der Waals surface area contributed by atoms with Crippen LogP contribution < -0.4 is 31.9 Å². The molecular formula is C38H55N7O9. The van der Waals surface area contributed by atoms with Gasteiger partial charge in [0.15, 0.2) is 0 Å². The molecule has 4 rings (SSSR count). The van der Waals surface area contributed by atoms with Gasteiger partial charge in [0.25, 0.3) is 0 Å². The highest BCUT2D eigenvalue weighted by atomic mass is 16.6. The Balaban J connectivity index is 1.77. The minimum absolute atomic E-state index is 0.0327. The number of phenolic OH excluding ortho intramolecular Hbond substituents is 2. The molecule has 2 aromatic carbocycles. The molecule has 0 spiro atoms. The van der Waals surface area contributed by atoms with Gasteiger partial charge < -0.3 is 56.9 Å². The fourth-order valence-electron chi connectivity index (χ4n) is 6.36. The Morgan fingerprint density at radius 1 is 0.833 bits per heavy atom. The molecule has 54 heavy (non-hydrogen) atoms. The Bertz CT molecular complexity index is 1680. The van der Waals surface area contributed by atoms with E-state index in [0.29, 0.717) is 48.4 Å². The van der Waals surface area contributed by atoms with Gasteiger partial charge >= 0.3 is 12.2 Å². The quantitative estimate of drug-likeness (QED) is 0.199. The predicted octanol–water partition coefficient (Wildman–Crippen LogP) is 1.96. The molecule has 0 saturated carbocycles. The van der Waals surface area contributed by atoms with E-state index in [0.717, 1.165) is 0 Å². The number of fused-ring (bicyclic) bond motifs is 5. The van der Waals surface area contributed by atoms with Gasteiger partial charge in [-0.25, -0.2) is 9.59 Å². The Hall–Kier alpha value is -5.09. The van der Waals surface area contributed by atoms with Crippen LogP contribution in [0, 0.1) is 0 Å². The van der Waals surface area contributed by atoms with Crippen molar-refractivity contribution < 1.29 is 44.0 Å². The number of rotatable bonds is 7. The predicted molar refractivity (Wildman–Crippen MR) is 201 cm³/mol. The van der Waals surface area contributed by atoms with Gasteiger partial charge in [-0.05, 0) is 101 Å². The summed E-state index contributed by atoms with van der Waals surface area (Å²) in [6, 6.07) is 5.48. The molecule has 0 unspecified atom stereocenters. The lowest BCUT2D eigenvalue weighted by molar-refractivity contribution is -0.133. The van der Waals surface area contributed by atoms with Crippen molar-refractivity contribution in [1.29, 1.82) is 0 Å². The van der Waals surface area contributed by atoms with Gasteiger partial charge in [0, 0.05) is 51.1 Å². The van der Waals surface area contributed by atoms with Crippen molar-refractivity contribution in [3.05, 3.63) is 47.5 Å². The van der Waals surface area contributed by atoms with Crippen LogP contribution >= 0.6 is 0 Å². The lowest BCUT2D eigenvalue weighted by atomic mass is 9.95. The summed E-state index contributed by atoms with van der Waals surface area (Å²) in [4.78, 5) is 68.6. The summed E-state index contributed by atoms with van der Waals surface area (Å²) in [5.41, 5.74) is 0.266. The number of aromatic hydroxyl groups is 2. The van der Waals surface area contributed by atoms with Crippen LogP contribution in [0.25, 0.3) is 11.1 Å². The van der Waals surface area contributed by atoms with Crippen molar-refractivity contribution >= 4 is 29.9 Å². The summed E-state index contributed by atoms with van der Waals surface area (Å²) in [5, 5.41) is 49.3. The molecule has 9 N–H and O–H groups in total. The Kier molecular flexibility index (Phi) is 13.8. The number of carboxylic acid groups (broad SMARTS) is 1. The van der Waals surface area contributed by atoms with Crippen LogP contribution in [-0.2, 0) is 32.0 Å². The molecule has 4 bridgehead atoms. The van der Waals surface area contributed by atoms with E-state index in [2.05, 4.69) is 31.9 Å². The zero-order chi connectivity index (χ0) is 39.8. The van der Waals surface area contributed by atoms with Gasteiger partial charge in [-0.3, -0.25) is 14.4 Å². The van der Waals surface area contributed by atoms with Gasteiger partial charge in [-0.15, -0.1) is 0 Å². The molecule has 1 saturated heterocycles. The van der Waals surface area contributed by atoms with Gasteiger partial charge in [0.1, 0.15) is 35.2 Å². The maximum Gasteiger partial charge on any atom is 0.408 e. The minimum Gasteiger partial charge on any atom is -0.508 e. The summed E-state index contributed by atoms with van der Waals surface area (Å²) in [5.74, 6) is -2.27. The topological polar surface area (TPSA) is 231 Å². The van der Waals surface area contributed by atoms with Gasteiger partial charge in [-0.1, -0.05) is 12.1 Å². The summed E-state index contributed by atoms with van der Waals surface area (Å²) < 4.78 is 5.43. The van der Waals surface area contributed by atoms with Crippen molar-refractivity contribution in [2.45, 2.75) is 103 Å². The molecule has 296 valence electrons. The SMILES string of the molecule is CC(C)(C)OC(=O)N[C@H]1Cc2cc(ccc2O)-c2ccc(O)c(c2)C[C@@H](C(=O)NC2CNCCNC2)NC(=O)[C@H](CCCN(C(=O)O)C(C)(C)C)NC1=O. The smallest absolute Gasteiger partial charge is 0.408 e. The summed E-state index contributed by atoms with van der Waals surface area (Å²) >= 11 is 0. The van der Waals surface area contributed by atoms with E-state index in [1.165, 1.54) is 17.0 Å². The van der Waals surface area contributed by atoms with Crippen LogP contribution in [0.5, 0.6) is 11.5 Å². The Labute approximate surface area is 315 Å². The lowest BCUT2D eigenvalue weighted by Crippen LogP contribution is -2.59. The second-order valence-electron chi connectivity index (χ2n) is 15.8. The first-order valence-corrected chi connectivity index (χ1v) is 18.3. The summed E-state index contributed by atoms with van der Waals surface area (Å²) in [7, 11) is 0. The maximum atomic E-state index is 14.2. The highest BCUT2D eigenvalue weighted by Crippen LogP contribution is 2.31. The van der Waals surface area contributed by atoms with Crippen molar-refractivity contribution in [1.82, 2.24) is 36.8 Å². The summed E-state index contributed by atoms with van der Waals surface area (Å²) in [6.45, 7) is 12.7. The van der Waals surface area contributed by atoms with Crippen LogP contribution in [0.4, 0.5) is 9.59 Å². The largest absolute Gasteiger partial charge is 0.508 e. The Morgan fingerprint density at radius 2 is 1.41 bits per heavy atom. The van der Waals surface area contributed by atoms with Crippen molar-refractivity contribution in [2.75, 3.05) is 32.7 Å². The molecule has 5 amide bonds. The van der Waals surface area contributed by atoms with E-state index < -0.39 is 59.2 Å². The average molecular weight is 754 g/mol. The number of benzene rings is 2. The van der Waals surface area contributed by atoms with Gasteiger partial charge in [0.2, 0.25) is 17.7 Å². The van der Waals surface area contributed by atoms with E-state index >= 15 is 0 Å². The van der Waals surface area contributed by atoms with E-state index in [4.69, 9.17) is 4.74 Å². The molecule has 2 heterocycles. The van der Waals surface area contributed by atoms with E-state index in [1.54, 1.807) is 65.8 Å². The van der Waals surface area contributed by atoms with Crippen molar-refractivity contribution in [3.8, 4) is 22.6 Å². The minimum atomic E-state index is -1.34. The zero-order valence-electron chi connectivity index (χ0n) is 31.9. The molecule has 0 aromatic heterocycles. The van der Waals surface area contributed by atoms with E-state index in [1.807, 2.05) is 0 Å². The van der Waals surface area contributed by atoms with Crippen LogP contribution in [0.2, 0.25) is 0 Å². The molecule has 16 heteroatoms. The molecule has 1 fully saturated rings. The molecule has 0 aliphatic carbocycles. The van der Waals surface area contributed by atoms with E-state index in [-0.39, 0.29) is 49.8 Å². The Morgan fingerprint density at radius 3 is 1.94 bits per heavy atom. The van der Waals surface area contributed by atoms with E-state index in [9.17, 15) is 39.3 Å². The molecule has 2 aromatic rings.